The van der Waals surface area contributed by atoms with Crippen LogP contribution in [0.5, 0.6) is 5.75 Å². The predicted molar refractivity (Wildman–Crippen MR) is 173 cm³/mol. The molecule has 0 aliphatic carbocycles. The van der Waals surface area contributed by atoms with Crippen LogP contribution in [0.1, 0.15) is 0 Å². The summed E-state index contributed by atoms with van der Waals surface area (Å²) in [5.41, 5.74) is 6.84. The average molecular weight is 735 g/mol. The number of hydrogen-bond acceptors (Lipinski definition) is 16. The van der Waals surface area contributed by atoms with Crippen molar-refractivity contribution in [2.24, 2.45) is 10.2 Å². The van der Waals surface area contributed by atoms with E-state index in [1.807, 2.05) is 0 Å². The minimum Gasteiger partial charge on any atom is -0.507 e. The van der Waals surface area contributed by atoms with Gasteiger partial charge in [0.1, 0.15) is 16.3 Å². The highest BCUT2D eigenvalue weighted by Gasteiger charge is 2.21. The van der Waals surface area contributed by atoms with Crippen molar-refractivity contribution < 1.29 is 48.0 Å². The lowest BCUT2D eigenvalue weighted by molar-refractivity contribution is 0.284. The summed E-state index contributed by atoms with van der Waals surface area (Å²) in [5.74, 6) is -1.49. The van der Waals surface area contributed by atoms with Crippen molar-refractivity contribution in [3.8, 4) is 5.75 Å². The number of nitrogens with two attached hydrogens (primary N) is 1. The summed E-state index contributed by atoms with van der Waals surface area (Å²) in [7, 11) is -13.5. The molecular weight excluding hydrogens is 712 g/mol. The summed E-state index contributed by atoms with van der Waals surface area (Å²) in [4.78, 5) is 10.5. The van der Waals surface area contributed by atoms with Crippen LogP contribution in [0.4, 0.5) is 44.7 Å². The summed E-state index contributed by atoms with van der Waals surface area (Å²) >= 11 is 0. The van der Waals surface area contributed by atoms with Gasteiger partial charge in [-0.2, -0.15) is 41.3 Å². The van der Waals surface area contributed by atoms with Gasteiger partial charge >= 0.3 is 16.5 Å². The molecule has 0 fully saturated rings. The van der Waals surface area contributed by atoms with Crippen molar-refractivity contribution in [3.63, 3.8) is 0 Å². The third-order valence-electron chi connectivity index (χ3n) is 6.46. The Bertz CT molecular complexity index is 2410. The molecule has 0 saturated carbocycles. The van der Waals surface area contributed by atoms with Gasteiger partial charge in [0, 0.05) is 16.8 Å². The number of nitrogen functional groups attached to an aromatic ring is 1. The topological polar surface area (TPSA) is 286 Å². The summed E-state index contributed by atoms with van der Waals surface area (Å²) in [6.07, 6.45) is -1.15. The molecule has 0 atom stereocenters. The van der Waals surface area contributed by atoms with E-state index in [4.69, 9.17) is 10.3 Å². The molecule has 49 heavy (non-hydrogen) atoms. The molecule has 4 aromatic carbocycles. The lowest BCUT2D eigenvalue weighted by atomic mass is 10.1. The Balaban J connectivity index is 1.28. The molecule has 0 radical (unpaired) electrons. The molecule has 7 N–H and O–H groups in total. The van der Waals surface area contributed by atoms with Gasteiger partial charge in [0.2, 0.25) is 11.9 Å². The van der Waals surface area contributed by atoms with Crippen molar-refractivity contribution in [3.05, 3.63) is 78.9 Å². The van der Waals surface area contributed by atoms with Gasteiger partial charge in [0.15, 0.2) is 9.84 Å². The molecule has 0 unspecified atom stereocenters. The smallest absolute Gasteiger partial charge is 0.397 e. The SMILES string of the molecule is Nc1c(N=Nc2ccc(Nc3nc(F)nc(Nc4ccc(S(=O)(=O)CCOS(=O)(=O)O)cc4)n3)cc2)cc(S(=O)(=O)O)c2cccc(O)c12. The number of rotatable bonds is 12. The first-order chi connectivity index (χ1) is 23.0. The molecule has 0 aliphatic heterocycles. The van der Waals surface area contributed by atoms with E-state index >= 15 is 0 Å². The molecule has 22 heteroatoms. The van der Waals surface area contributed by atoms with Crippen molar-refractivity contribution in [1.29, 1.82) is 0 Å². The maximum Gasteiger partial charge on any atom is 0.397 e. The van der Waals surface area contributed by atoms with Crippen LogP contribution in [-0.2, 0) is 34.5 Å². The highest BCUT2D eigenvalue weighted by atomic mass is 32.3. The summed E-state index contributed by atoms with van der Waals surface area (Å²) < 4.78 is 107. The standard InChI is InChI=1S/C27H23FN8O10S3/c28-25-32-26(34-27(33-25)31-16-8-10-18(11-9-16)47(38,39)13-12-46-49(43,44)45)30-15-4-6-17(7-5-15)35-36-20-14-22(48(40,41)42)19-2-1-3-21(37)23(19)24(20)29/h1-11,14,37H,12-13,29H2,(H,40,41,42)(H,43,44,45)(H2,30,31,32,33,34). The van der Waals surface area contributed by atoms with Crippen LogP contribution in [0.25, 0.3) is 10.8 Å². The number of azo groups is 1. The Morgan fingerprint density at radius 2 is 1.41 bits per heavy atom. The van der Waals surface area contributed by atoms with E-state index in [9.17, 15) is 39.3 Å². The fourth-order valence-corrected chi connectivity index (χ4v) is 6.49. The lowest BCUT2D eigenvalue weighted by Crippen LogP contribution is -2.15. The normalized spacial score (nSPS) is 12.4. The largest absolute Gasteiger partial charge is 0.507 e. The minimum atomic E-state index is -4.79. The van der Waals surface area contributed by atoms with Gasteiger partial charge in [0.05, 0.1) is 34.0 Å². The summed E-state index contributed by atoms with van der Waals surface area (Å²) in [6, 6.07) is 16.2. The molecule has 18 nitrogen and oxygen atoms in total. The second kappa shape index (κ2) is 13.6. The number of benzene rings is 4. The minimum absolute atomic E-state index is 0.00399. The number of hydrogen-bond donors (Lipinski definition) is 6. The third-order valence-corrected chi connectivity index (χ3v) is 9.51. The Kier molecular flexibility index (Phi) is 9.71. The maximum atomic E-state index is 14.2. The van der Waals surface area contributed by atoms with Crippen molar-refractivity contribution in [2.75, 3.05) is 28.7 Å². The lowest BCUT2D eigenvalue weighted by Gasteiger charge is -2.10. The molecule has 0 bridgehead atoms. The first-order valence-corrected chi connectivity index (χ1v) is 17.9. The van der Waals surface area contributed by atoms with Gasteiger partial charge in [0.25, 0.3) is 10.1 Å². The van der Waals surface area contributed by atoms with E-state index in [-0.39, 0.29) is 56.1 Å². The monoisotopic (exact) mass is 734 g/mol. The molecular formula is C27H23FN8O10S3. The quantitative estimate of drug-likeness (QED) is 0.0595. The van der Waals surface area contributed by atoms with Crippen molar-refractivity contribution in [1.82, 2.24) is 15.0 Å². The second-order valence-corrected chi connectivity index (χ2v) is 14.4. The fourth-order valence-electron chi connectivity index (χ4n) is 4.29. The molecule has 5 rings (SSSR count). The van der Waals surface area contributed by atoms with E-state index in [1.165, 1.54) is 66.7 Å². The zero-order valence-corrected chi connectivity index (χ0v) is 26.9. The maximum absolute atomic E-state index is 14.2. The first kappa shape index (κ1) is 34.9. The number of phenols is 1. The van der Waals surface area contributed by atoms with Crippen LogP contribution in [0, 0.1) is 6.08 Å². The number of anilines is 5. The number of sulfone groups is 1. The van der Waals surface area contributed by atoms with Crippen LogP contribution in [0.3, 0.4) is 0 Å². The second-order valence-electron chi connectivity index (χ2n) is 9.82. The van der Waals surface area contributed by atoms with E-state index in [2.05, 4.69) is 40.0 Å². The van der Waals surface area contributed by atoms with Crippen LogP contribution in [0.2, 0.25) is 0 Å². The molecule has 0 aliphatic rings. The van der Waals surface area contributed by atoms with Gasteiger partial charge in [-0.1, -0.05) is 12.1 Å². The van der Waals surface area contributed by atoms with Gasteiger partial charge in [-0.05, 0) is 60.7 Å². The van der Waals surface area contributed by atoms with Gasteiger partial charge in [-0.15, -0.1) is 5.11 Å². The molecule has 0 spiro atoms. The van der Waals surface area contributed by atoms with Crippen LogP contribution >= 0.6 is 0 Å². The number of fused-ring (bicyclic) bond motifs is 1. The molecule has 5 aromatic rings. The molecule has 1 heterocycles. The van der Waals surface area contributed by atoms with Crippen LogP contribution < -0.4 is 16.4 Å². The number of nitrogens with one attached hydrogen (secondary N) is 2. The Morgan fingerprint density at radius 1 is 0.816 bits per heavy atom. The van der Waals surface area contributed by atoms with Crippen molar-refractivity contribution >= 4 is 81.5 Å². The molecule has 1 aromatic heterocycles. The van der Waals surface area contributed by atoms with Crippen LogP contribution in [-0.4, -0.2) is 66.8 Å². The zero-order chi connectivity index (χ0) is 35.6. The average Bonchev–Trinajstić information content (AvgIpc) is 3.00. The van der Waals surface area contributed by atoms with E-state index in [0.29, 0.717) is 5.69 Å². The number of halogens is 1. The molecule has 0 amide bonds. The number of aromatic hydroxyl groups is 1. The van der Waals surface area contributed by atoms with Gasteiger partial charge < -0.3 is 21.5 Å². The number of phenolic OH excluding ortho intramolecular Hbond substituents is 1. The van der Waals surface area contributed by atoms with E-state index < -0.39 is 53.7 Å². The number of nitrogens with zero attached hydrogens (tertiary/aromatic N) is 5. The Labute approximate surface area is 277 Å². The molecule has 0 saturated heterocycles. The summed E-state index contributed by atoms with van der Waals surface area (Å²) in [5, 5.41) is 23.7. The number of aromatic nitrogens is 3. The summed E-state index contributed by atoms with van der Waals surface area (Å²) in [6.45, 7) is -0.791. The van der Waals surface area contributed by atoms with E-state index in [1.54, 1.807) is 0 Å². The highest BCUT2D eigenvalue weighted by Crippen LogP contribution is 2.41. The Morgan fingerprint density at radius 3 is 1.98 bits per heavy atom. The first-order valence-electron chi connectivity index (χ1n) is 13.4. The van der Waals surface area contributed by atoms with Crippen LogP contribution in [0.15, 0.2) is 92.8 Å². The zero-order valence-electron chi connectivity index (χ0n) is 24.5. The van der Waals surface area contributed by atoms with Gasteiger partial charge in [-0.3, -0.25) is 9.11 Å². The van der Waals surface area contributed by atoms with Crippen molar-refractivity contribution in [2.45, 2.75) is 9.79 Å². The van der Waals surface area contributed by atoms with E-state index in [0.717, 1.165) is 6.07 Å². The third kappa shape index (κ3) is 8.75. The molecule has 256 valence electrons. The van der Waals surface area contributed by atoms with Gasteiger partial charge in [-0.25, -0.2) is 12.6 Å². The highest BCUT2D eigenvalue weighted by molar-refractivity contribution is 7.91. The predicted octanol–water partition coefficient (Wildman–Crippen LogP) is 4.19. The fraction of sp³-hybridized carbons (Fsp3) is 0.0741. The Hall–Kier alpha value is -5.39.